The maximum absolute atomic E-state index is 5.49. The fraction of sp³-hybridized carbons (Fsp3) is 0.0556. The van der Waals surface area contributed by atoms with Gasteiger partial charge in [0.05, 0.1) is 0 Å². The summed E-state index contributed by atoms with van der Waals surface area (Å²) < 4.78 is 11.0. The van der Waals surface area contributed by atoms with Gasteiger partial charge in [0.2, 0.25) is 5.82 Å². The molecule has 0 aliphatic heterocycles. The monoisotopic (exact) mass is 316 g/mol. The fourth-order valence-electron chi connectivity index (χ4n) is 2.90. The molecule has 0 unspecified atom stereocenters. The van der Waals surface area contributed by atoms with Gasteiger partial charge < -0.3 is 13.9 Å². The summed E-state index contributed by atoms with van der Waals surface area (Å²) in [7, 11) is 0. The maximum atomic E-state index is 5.49. The molecular weight excluding hydrogens is 304 g/mol. The number of benzene rings is 2. The highest BCUT2D eigenvalue weighted by molar-refractivity contribution is 5.93. The second-order valence-electron chi connectivity index (χ2n) is 5.58. The Kier molecular flexibility index (Phi) is 2.61. The van der Waals surface area contributed by atoms with E-state index in [1.165, 1.54) is 0 Å². The average Bonchev–Trinajstić information content (AvgIpc) is 3.31. The molecular formula is C18H12N4O2. The molecule has 0 radical (unpaired) electrons. The Hall–Kier alpha value is -3.41. The number of nitrogens with zero attached hydrogens (tertiary/aromatic N) is 3. The molecule has 6 heteroatoms. The predicted molar refractivity (Wildman–Crippen MR) is 89.3 cm³/mol. The first-order chi connectivity index (χ1) is 11.8. The van der Waals surface area contributed by atoms with Crippen LogP contribution in [-0.4, -0.2) is 20.1 Å². The lowest BCUT2D eigenvalue weighted by Crippen LogP contribution is -1.82. The quantitative estimate of drug-likeness (QED) is 0.524. The van der Waals surface area contributed by atoms with E-state index in [1.54, 1.807) is 0 Å². The Morgan fingerprint density at radius 1 is 1.04 bits per heavy atom. The van der Waals surface area contributed by atoms with E-state index in [-0.39, 0.29) is 0 Å². The summed E-state index contributed by atoms with van der Waals surface area (Å²) in [5, 5.41) is 5.16. The van der Waals surface area contributed by atoms with Crippen LogP contribution in [0.1, 0.15) is 5.89 Å². The largest absolute Gasteiger partial charge is 0.441 e. The van der Waals surface area contributed by atoms with E-state index in [2.05, 4.69) is 20.1 Å². The molecule has 0 bridgehead atoms. The van der Waals surface area contributed by atoms with Crippen molar-refractivity contribution in [2.75, 3.05) is 0 Å². The Labute approximate surface area is 136 Å². The van der Waals surface area contributed by atoms with Crippen LogP contribution >= 0.6 is 0 Å². The number of rotatable bonds is 2. The molecule has 0 saturated carbocycles. The highest BCUT2D eigenvalue weighted by atomic mass is 16.5. The third kappa shape index (κ3) is 1.93. The average molecular weight is 316 g/mol. The minimum absolute atomic E-state index is 0.492. The Morgan fingerprint density at radius 2 is 2.00 bits per heavy atom. The predicted octanol–water partition coefficient (Wildman–Crippen LogP) is 4.33. The minimum Gasteiger partial charge on any atom is -0.441 e. The zero-order valence-corrected chi connectivity index (χ0v) is 12.8. The molecule has 1 N–H and O–H groups in total. The number of fused-ring (bicyclic) bond motifs is 2. The number of aromatic amines is 1. The molecule has 5 rings (SSSR count). The van der Waals surface area contributed by atoms with Gasteiger partial charge in [-0.15, -0.1) is 0 Å². The van der Waals surface area contributed by atoms with Gasteiger partial charge in [0.15, 0.2) is 11.5 Å². The van der Waals surface area contributed by atoms with E-state index in [4.69, 9.17) is 8.94 Å². The molecule has 0 atom stereocenters. The van der Waals surface area contributed by atoms with Gasteiger partial charge in [-0.25, -0.2) is 4.98 Å². The van der Waals surface area contributed by atoms with Crippen molar-refractivity contribution in [3.63, 3.8) is 0 Å². The second kappa shape index (κ2) is 4.79. The molecule has 2 aromatic carbocycles. The number of oxazole rings is 1. The van der Waals surface area contributed by atoms with E-state index < -0.39 is 0 Å². The minimum atomic E-state index is 0.492. The van der Waals surface area contributed by atoms with Crippen LogP contribution in [0.4, 0.5) is 0 Å². The smallest absolute Gasteiger partial charge is 0.258 e. The van der Waals surface area contributed by atoms with Crippen molar-refractivity contribution < 1.29 is 8.94 Å². The van der Waals surface area contributed by atoms with Crippen LogP contribution in [0.3, 0.4) is 0 Å². The second-order valence-corrected chi connectivity index (χ2v) is 5.58. The van der Waals surface area contributed by atoms with Crippen LogP contribution in [0, 0.1) is 6.92 Å². The van der Waals surface area contributed by atoms with Crippen LogP contribution in [0.5, 0.6) is 0 Å². The van der Waals surface area contributed by atoms with Crippen molar-refractivity contribution in [3.8, 4) is 22.8 Å². The van der Waals surface area contributed by atoms with Crippen LogP contribution in [0.25, 0.3) is 44.8 Å². The van der Waals surface area contributed by atoms with Crippen molar-refractivity contribution in [1.29, 1.82) is 0 Å². The number of H-pyrrole nitrogens is 1. The van der Waals surface area contributed by atoms with E-state index >= 15 is 0 Å². The van der Waals surface area contributed by atoms with Crippen LogP contribution in [-0.2, 0) is 0 Å². The van der Waals surface area contributed by atoms with E-state index in [1.807, 2.05) is 55.6 Å². The Balaban J connectivity index is 1.62. The van der Waals surface area contributed by atoms with Crippen LogP contribution in [0.15, 0.2) is 57.6 Å². The van der Waals surface area contributed by atoms with Gasteiger partial charge in [0.25, 0.3) is 5.89 Å². The molecule has 0 fully saturated rings. The summed E-state index contributed by atoms with van der Waals surface area (Å²) in [6.45, 7) is 1.82. The maximum Gasteiger partial charge on any atom is 0.258 e. The fourth-order valence-corrected chi connectivity index (χ4v) is 2.90. The molecule has 116 valence electrons. The van der Waals surface area contributed by atoms with Crippen molar-refractivity contribution in [2.24, 2.45) is 0 Å². The first-order valence-corrected chi connectivity index (χ1v) is 7.56. The molecule has 5 aromatic rings. The highest BCUT2D eigenvalue weighted by Gasteiger charge is 2.14. The van der Waals surface area contributed by atoms with Crippen molar-refractivity contribution >= 4 is 22.0 Å². The molecule has 6 nitrogen and oxygen atoms in total. The number of hydrogen-bond donors (Lipinski definition) is 1. The van der Waals surface area contributed by atoms with Gasteiger partial charge in [-0.05, 0) is 36.4 Å². The van der Waals surface area contributed by atoms with Gasteiger partial charge in [0, 0.05) is 35.2 Å². The van der Waals surface area contributed by atoms with Crippen LogP contribution in [0.2, 0.25) is 0 Å². The van der Waals surface area contributed by atoms with Crippen LogP contribution < -0.4 is 0 Å². The van der Waals surface area contributed by atoms with E-state index in [9.17, 15) is 0 Å². The molecule has 0 spiro atoms. The van der Waals surface area contributed by atoms with Gasteiger partial charge in [-0.2, -0.15) is 4.98 Å². The molecule has 3 heterocycles. The number of aromatic nitrogens is 4. The molecule has 0 amide bonds. The lowest BCUT2D eigenvalue weighted by molar-refractivity contribution is 0.432. The standard InChI is InChI=1S/C18H12N4O2/c1-10-20-15-9-11(5-6-16(15)23-10)17-21-18(24-22-17)13-3-2-4-14-12(13)7-8-19-14/h2-9,19H,1H3. The third-order valence-electron chi connectivity index (χ3n) is 4.00. The van der Waals surface area contributed by atoms with Gasteiger partial charge in [-0.3, -0.25) is 0 Å². The number of hydrogen-bond acceptors (Lipinski definition) is 5. The summed E-state index contributed by atoms with van der Waals surface area (Å²) in [5.41, 5.74) is 4.31. The van der Waals surface area contributed by atoms with Crippen molar-refractivity contribution in [3.05, 3.63) is 54.6 Å². The lowest BCUT2D eigenvalue weighted by atomic mass is 10.1. The lowest BCUT2D eigenvalue weighted by Gasteiger charge is -1.96. The normalized spacial score (nSPS) is 11.5. The van der Waals surface area contributed by atoms with E-state index in [0.29, 0.717) is 17.6 Å². The summed E-state index contributed by atoms with van der Waals surface area (Å²) in [4.78, 5) is 12.1. The first kappa shape index (κ1) is 13.1. The zero-order valence-electron chi connectivity index (χ0n) is 12.8. The number of nitrogens with one attached hydrogen (secondary N) is 1. The van der Waals surface area contributed by atoms with Crippen molar-refractivity contribution in [1.82, 2.24) is 20.1 Å². The molecule has 0 aliphatic rings. The first-order valence-electron chi connectivity index (χ1n) is 7.56. The summed E-state index contributed by atoms with van der Waals surface area (Å²) in [5.74, 6) is 1.65. The highest BCUT2D eigenvalue weighted by Crippen LogP contribution is 2.29. The summed E-state index contributed by atoms with van der Waals surface area (Å²) in [6, 6.07) is 13.6. The zero-order chi connectivity index (χ0) is 16.1. The Bertz CT molecular complexity index is 1180. The SMILES string of the molecule is Cc1nc2cc(-c3noc(-c4cccc5[nH]ccc45)n3)ccc2o1. The Morgan fingerprint density at radius 3 is 2.96 bits per heavy atom. The summed E-state index contributed by atoms with van der Waals surface area (Å²) >= 11 is 0. The van der Waals surface area contributed by atoms with E-state index in [0.717, 1.165) is 33.1 Å². The molecule has 0 aliphatic carbocycles. The summed E-state index contributed by atoms with van der Waals surface area (Å²) in [6.07, 6.45) is 1.90. The topological polar surface area (TPSA) is 80.7 Å². The number of aryl methyl sites for hydroxylation is 1. The molecule has 0 saturated heterocycles. The van der Waals surface area contributed by atoms with Gasteiger partial charge in [0.1, 0.15) is 5.52 Å². The molecule has 24 heavy (non-hydrogen) atoms. The molecule has 3 aromatic heterocycles. The van der Waals surface area contributed by atoms with Gasteiger partial charge in [-0.1, -0.05) is 11.2 Å². The van der Waals surface area contributed by atoms with Gasteiger partial charge >= 0.3 is 0 Å². The third-order valence-corrected chi connectivity index (χ3v) is 4.00. The van der Waals surface area contributed by atoms with Crippen molar-refractivity contribution in [2.45, 2.75) is 6.92 Å².